The van der Waals surface area contributed by atoms with Crippen molar-refractivity contribution < 1.29 is 47.2 Å². The monoisotopic (exact) mass is 404 g/mol. The summed E-state index contributed by atoms with van der Waals surface area (Å²) >= 11 is 0. The van der Waals surface area contributed by atoms with Gasteiger partial charge in [-0.05, 0) is 0 Å². The molecule has 5 unspecified atom stereocenters. The molecule has 5 N–H and O–H groups in total. The lowest BCUT2D eigenvalue weighted by atomic mass is 10.2. The molecule has 142 valence electrons. The van der Waals surface area contributed by atoms with Crippen LogP contribution in [0.2, 0.25) is 0 Å². The van der Waals surface area contributed by atoms with Crippen LogP contribution in [-0.4, -0.2) is 55.2 Å². The van der Waals surface area contributed by atoms with Gasteiger partial charge in [-0.25, -0.2) is 13.9 Å². The number of rotatable bonds is 6. The number of hydrogen-bond donors (Lipinski definition) is 5. The summed E-state index contributed by atoms with van der Waals surface area (Å²) in [5.74, 6) is 0. The number of aromatic nitrogens is 2. The van der Waals surface area contributed by atoms with E-state index < -0.39 is 51.6 Å². The molecule has 1 aliphatic rings. The third-order valence-corrected chi connectivity index (χ3v) is 5.55. The lowest BCUT2D eigenvalue weighted by Gasteiger charge is -2.21. The van der Waals surface area contributed by atoms with E-state index in [2.05, 4.69) is 13.4 Å². The topological polar surface area (TPSA) is 207 Å². The van der Waals surface area contributed by atoms with Crippen LogP contribution in [0.3, 0.4) is 0 Å². The molecule has 0 saturated carbocycles. The average Bonchev–Trinajstić information content (AvgIpc) is 2.74. The van der Waals surface area contributed by atoms with Crippen molar-refractivity contribution in [2.24, 2.45) is 0 Å². The van der Waals surface area contributed by atoms with Crippen LogP contribution in [0.5, 0.6) is 0 Å². The molecule has 14 nitrogen and oxygen atoms in total. The van der Waals surface area contributed by atoms with E-state index in [1.54, 1.807) is 0 Å². The Labute approximate surface area is 138 Å². The van der Waals surface area contributed by atoms with Gasteiger partial charge in [0.2, 0.25) is 0 Å². The number of aliphatic hydroxyl groups excluding tert-OH is 2. The number of aromatic amines is 1. The summed E-state index contributed by atoms with van der Waals surface area (Å²) in [6.07, 6.45) is -6.21. The van der Waals surface area contributed by atoms with E-state index in [-0.39, 0.29) is 0 Å². The summed E-state index contributed by atoms with van der Waals surface area (Å²) in [6, 6.07) is 0.939. The molecule has 1 aliphatic heterocycles. The Hall–Kier alpha value is -1.18. The maximum atomic E-state index is 12.0. The van der Waals surface area contributed by atoms with Gasteiger partial charge in [-0.3, -0.25) is 23.4 Å². The highest BCUT2D eigenvalue weighted by atomic mass is 31.3. The van der Waals surface area contributed by atoms with Crippen molar-refractivity contribution in [1.29, 1.82) is 0 Å². The Balaban J connectivity index is 2.24. The fourth-order valence-electron chi connectivity index (χ4n) is 1.93. The number of nitrogens with zero attached hydrogens (tertiary/aromatic N) is 1. The standard InChI is InChI=1S/C9H14N2O12P2/c1-20-25(19,23-24(16,17)18)22-8-6(14)5(13)7(21-8)11-3-2-4(12)10-9(11)15/h2-3,5-8,13-14H,1H3,(H,10,12,15)(H2,16,17,18). The molecule has 2 rings (SSSR count). The summed E-state index contributed by atoms with van der Waals surface area (Å²) in [7, 11) is -9.42. The minimum atomic E-state index is -5.29. The van der Waals surface area contributed by atoms with Gasteiger partial charge in [0.25, 0.3) is 5.56 Å². The van der Waals surface area contributed by atoms with Gasteiger partial charge in [0, 0.05) is 19.4 Å². The lowest BCUT2D eigenvalue weighted by molar-refractivity contribution is -0.136. The molecule has 16 heteroatoms. The van der Waals surface area contributed by atoms with Gasteiger partial charge >= 0.3 is 21.3 Å². The maximum Gasteiger partial charge on any atom is 0.485 e. The van der Waals surface area contributed by atoms with Crippen molar-refractivity contribution >= 4 is 15.6 Å². The normalized spacial score (nSPS) is 29.5. The van der Waals surface area contributed by atoms with Gasteiger partial charge in [-0.1, -0.05) is 0 Å². The van der Waals surface area contributed by atoms with Crippen LogP contribution in [0.4, 0.5) is 0 Å². The maximum absolute atomic E-state index is 12.0. The largest absolute Gasteiger partial charge is 0.485 e. The minimum Gasteiger partial charge on any atom is -0.385 e. The fraction of sp³-hybridized carbons (Fsp3) is 0.556. The van der Waals surface area contributed by atoms with Crippen LogP contribution in [0.15, 0.2) is 21.9 Å². The molecule has 5 atom stereocenters. The van der Waals surface area contributed by atoms with Crippen LogP contribution >= 0.6 is 15.6 Å². The Morgan fingerprint density at radius 3 is 2.40 bits per heavy atom. The van der Waals surface area contributed by atoms with Crippen LogP contribution in [0.1, 0.15) is 6.23 Å². The Morgan fingerprint density at radius 2 is 1.88 bits per heavy atom. The van der Waals surface area contributed by atoms with Gasteiger partial charge in [0.15, 0.2) is 12.5 Å². The van der Waals surface area contributed by atoms with Crippen LogP contribution in [-0.2, 0) is 27.2 Å². The van der Waals surface area contributed by atoms with Gasteiger partial charge < -0.3 is 24.7 Å². The van der Waals surface area contributed by atoms with Crippen LogP contribution in [0.25, 0.3) is 0 Å². The van der Waals surface area contributed by atoms with E-state index in [0.29, 0.717) is 4.57 Å². The fourth-order valence-corrected chi connectivity index (χ4v) is 3.90. The summed E-state index contributed by atoms with van der Waals surface area (Å²) in [4.78, 5) is 42.0. The van der Waals surface area contributed by atoms with Gasteiger partial charge in [0.1, 0.15) is 12.2 Å². The number of hydrogen-bond acceptors (Lipinski definition) is 10. The van der Waals surface area contributed by atoms with Crippen molar-refractivity contribution in [2.45, 2.75) is 24.7 Å². The third-order valence-electron chi connectivity index (χ3n) is 2.98. The number of H-pyrrole nitrogens is 1. The molecule has 1 aromatic heterocycles. The highest BCUT2D eigenvalue weighted by Crippen LogP contribution is 2.62. The molecule has 0 aliphatic carbocycles. The number of nitrogens with one attached hydrogen (secondary N) is 1. The molecule has 0 bridgehead atoms. The SMILES string of the molecule is COP(=O)(OC1OC(n2ccc(=O)[nH]c2=O)C(O)C1O)OP(=O)(O)O. The molecule has 1 fully saturated rings. The summed E-state index contributed by atoms with van der Waals surface area (Å²) in [6.45, 7) is 0. The summed E-state index contributed by atoms with van der Waals surface area (Å²) in [5.41, 5.74) is -1.70. The second kappa shape index (κ2) is 7.21. The van der Waals surface area contributed by atoms with E-state index in [1.165, 1.54) is 0 Å². The zero-order valence-corrected chi connectivity index (χ0v) is 14.1. The van der Waals surface area contributed by atoms with Gasteiger partial charge in [0.05, 0.1) is 0 Å². The minimum absolute atomic E-state index is 0.709. The summed E-state index contributed by atoms with van der Waals surface area (Å²) in [5, 5.41) is 19.8. The van der Waals surface area contributed by atoms with E-state index in [0.717, 1.165) is 19.4 Å². The number of ether oxygens (including phenoxy) is 1. The second-order valence-corrected chi connectivity index (χ2v) is 7.81. The Bertz CT molecular complexity index is 828. The first-order valence-corrected chi connectivity index (χ1v) is 9.39. The van der Waals surface area contributed by atoms with Crippen molar-refractivity contribution in [2.75, 3.05) is 7.11 Å². The third kappa shape index (κ3) is 4.71. The van der Waals surface area contributed by atoms with Crippen LogP contribution < -0.4 is 11.2 Å². The number of aliphatic hydroxyl groups is 2. The second-order valence-electron chi connectivity index (χ2n) is 4.70. The van der Waals surface area contributed by atoms with Crippen molar-refractivity contribution in [1.82, 2.24) is 9.55 Å². The van der Waals surface area contributed by atoms with Gasteiger partial charge in [-0.2, -0.15) is 4.31 Å². The zero-order valence-electron chi connectivity index (χ0n) is 12.4. The highest BCUT2D eigenvalue weighted by Gasteiger charge is 2.49. The zero-order chi connectivity index (χ0) is 19.0. The summed E-state index contributed by atoms with van der Waals surface area (Å²) < 4.78 is 41.3. The number of phosphoric ester groups is 1. The van der Waals surface area contributed by atoms with E-state index in [9.17, 15) is 28.9 Å². The smallest absolute Gasteiger partial charge is 0.385 e. The molecule has 1 aromatic rings. The first-order chi connectivity index (χ1) is 11.5. The van der Waals surface area contributed by atoms with E-state index >= 15 is 0 Å². The first-order valence-electron chi connectivity index (χ1n) is 6.40. The highest BCUT2D eigenvalue weighted by molar-refractivity contribution is 7.61. The molecular formula is C9H14N2O12P2. The molecule has 0 radical (unpaired) electrons. The molecule has 25 heavy (non-hydrogen) atoms. The molecule has 2 heterocycles. The van der Waals surface area contributed by atoms with Crippen molar-refractivity contribution in [3.05, 3.63) is 33.1 Å². The predicted octanol–water partition coefficient (Wildman–Crippen LogP) is -2.01. The molecular weight excluding hydrogens is 390 g/mol. The lowest BCUT2D eigenvalue weighted by Crippen LogP contribution is -2.37. The quantitative estimate of drug-likeness (QED) is 0.326. The first kappa shape index (κ1) is 20.1. The average molecular weight is 404 g/mol. The van der Waals surface area contributed by atoms with E-state index in [4.69, 9.17) is 14.5 Å². The molecule has 1 saturated heterocycles. The van der Waals surface area contributed by atoms with Crippen molar-refractivity contribution in [3.63, 3.8) is 0 Å². The Kier molecular flexibility index (Phi) is 5.81. The van der Waals surface area contributed by atoms with Gasteiger partial charge in [-0.15, -0.1) is 0 Å². The molecule has 0 amide bonds. The Morgan fingerprint density at radius 1 is 1.24 bits per heavy atom. The molecule has 0 aromatic carbocycles. The van der Waals surface area contributed by atoms with Crippen LogP contribution in [0, 0.1) is 0 Å². The van der Waals surface area contributed by atoms with Crippen molar-refractivity contribution in [3.8, 4) is 0 Å². The number of phosphoric acid groups is 2. The predicted molar refractivity (Wildman–Crippen MR) is 76.1 cm³/mol. The molecule has 0 spiro atoms. The van der Waals surface area contributed by atoms with E-state index in [1.807, 2.05) is 4.98 Å².